The van der Waals surface area contributed by atoms with Crippen LogP contribution in [0.5, 0.6) is 0 Å². The molecular weight excluding hydrogens is 230 g/mol. The number of aliphatic hydroxyl groups excluding tert-OH is 1. The predicted octanol–water partition coefficient (Wildman–Crippen LogP) is 1.08. The maximum absolute atomic E-state index is 12.0. The molecule has 2 N–H and O–H groups in total. The van der Waals surface area contributed by atoms with Gasteiger partial charge in [0.25, 0.3) is 5.91 Å². The summed E-state index contributed by atoms with van der Waals surface area (Å²) >= 11 is 0. The molecule has 0 fully saturated rings. The van der Waals surface area contributed by atoms with Gasteiger partial charge in [-0.1, -0.05) is 19.9 Å². The summed E-state index contributed by atoms with van der Waals surface area (Å²) < 4.78 is 1.72. The van der Waals surface area contributed by atoms with Gasteiger partial charge in [0.1, 0.15) is 11.3 Å². The number of aromatic nitrogens is 2. The lowest BCUT2D eigenvalue weighted by molar-refractivity contribution is 0.0866. The topological polar surface area (TPSA) is 66.6 Å². The number of carbonyl (C=O) groups is 1. The number of aliphatic hydroxyl groups is 1. The molecule has 18 heavy (non-hydrogen) atoms. The molecule has 1 amide bonds. The molecule has 5 heteroatoms. The van der Waals surface area contributed by atoms with Gasteiger partial charge in [-0.15, -0.1) is 0 Å². The second kappa shape index (κ2) is 5.18. The molecular formula is C13H17N3O2. The van der Waals surface area contributed by atoms with Gasteiger partial charge in [-0.05, 0) is 18.1 Å². The lowest BCUT2D eigenvalue weighted by atomic mass is 10.1. The molecule has 0 aliphatic rings. The summed E-state index contributed by atoms with van der Waals surface area (Å²) in [6.07, 6.45) is 2.79. The van der Waals surface area contributed by atoms with Crippen LogP contribution >= 0.6 is 0 Å². The smallest absolute Gasteiger partial charge is 0.270 e. The summed E-state index contributed by atoms with van der Waals surface area (Å²) in [4.78, 5) is 16.1. The molecule has 0 radical (unpaired) electrons. The van der Waals surface area contributed by atoms with Crippen LogP contribution in [-0.4, -0.2) is 33.0 Å². The molecule has 2 heterocycles. The Kier molecular flexibility index (Phi) is 3.62. The third-order valence-electron chi connectivity index (χ3n) is 2.89. The van der Waals surface area contributed by atoms with Crippen molar-refractivity contribution in [2.75, 3.05) is 6.54 Å². The van der Waals surface area contributed by atoms with Gasteiger partial charge in [0.05, 0.1) is 12.3 Å². The van der Waals surface area contributed by atoms with Crippen LogP contribution in [0.3, 0.4) is 0 Å². The van der Waals surface area contributed by atoms with Crippen LogP contribution in [0.4, 0.5) is 0 Å². The number of pyridine rings is 1. The van der Waals surface area contributed by atoms with Crippen molar-refractivity contribution in [3.05, 3.63) is 36.3 Å². The molecule has 0 aliphatic carbocycles. The Morgan fingerprint density at radius 3 is 3.00 bits per heavy atom. The summed E-state index contributed by atoms with van der Waals surface area (Å²) in [5, 5.41) is 12.4. The van der Waals surface area contributed by atoms with Gasteiger partial charge in [-0.3, -0.25) is 9.20 Å². The van der Waals surface area contributed by atoms with Gasteiger partial charge < -0.3 is 10.4 Å². The zero-order chi connectivity index (χ0) is 13.1. The molecule has 5 nitrogen and oxygen atoms in total. The van der Waals surface area contributed by atoms with Crippen molar-refractivity contribution in [1.29, 1.82) is 0 Å². The van der Waals surface area contributed by atoms with E-state index in [0.717, 1.165) is 5.65 Å². The van der Waals surface area contributed by atoms with Crippen LogP contribution in [0, 0.1) is 5.92 Å². The minimum atomic E-state index is -0.534. The number of nitrogens with zero attached hydrogens (tertiary/aromatic N) is 2. The minimum Gasteiger partial charge on any atom is -0.391 e. The number of hydrogen-bond acceptors (Lipinski definition) is 3. The Bertz CT molecular complexity index is 548. The molecule has 2 rings (SSSR count). The predicted molar refractivity (Wildman–Crippen MR) is 68.4 cm³/mol. The van der Waals surface area contributed by atoms with E-state index in [4.69, 9.17) is 0 Å². The molecule has 0 aromatic carbocycles. The molecule has 0 saturated carbocycles. The van der Waals surface area contributed by atoms with E-state index >= 15 is 0 Å². The number of imidazole rings is 1. The van der Waals surface area contributed by atoms with E-state index in [9.17, 15) is 9.90 Å². The summed E-state index contributed by atoms with van der Waals surface area (Å²) in [5.41, 5.74) is 1.20. The number of hydrogen-bond donors (Lipinski definition) is 2. The van der Waals surface area contributed by atoms with Crippen LogP contribution in [0.2, 0.25) is 0 Å². The lowest BCUT2D eigenvalue weighted by Crippen LogP contribution is -2.35. The highest BCUT2D eigenvalue weighted by Crippen LogP contribution is 2.06. The summed E-state index contributed by atoms with van der Waals surface area (Å²) in [7, 11) is 0. The molecule has 2 aromatic heterocycles. The fourth-order valence-electron chi connectivity index (χ4n) is 1.62. The Labute approximate surface area is 105 Å². The van der Waals surface area contributed by atoms with Crippen LogP contribution in [0.1, 0.15) is 24.3 Å². The molecule has 96 valence electrons. The van der Waals surface area contributed by atoms with Gasteiger partial charge in [0.2, 0.25) is 0 Å². The largest absolute Gasteiger partial charge is 0.391 e. The van der Waals surface area contributed by atoms with Crippen molar-refractivity contribution >= 4 is 11.6 Å². The molecule has 0 bridgehead atoms. The lowest BCUT2D eigenvalue weighted by Gasteiger charge is -2.14. The second-order valence-corrected chi connectivity index (χ2v) is 4.59. The third kappa shape index (κ3) is 2.51. The standard InChI is InChI=1S/C13H17N3O2/c1-9(2)11(17)8-15-13(18)10-7-14-12-5-3-4-6-16(10)12/h3-7,9,11,17H,8H2,1-2H3,(H,15,18). The van der Waals surface area contributed by atoms with Crippen molar-refractivity contribution in [3.8, 4) is 0 Å². The Morgan fingerprint density at radius 1 is 1.50 bits per heavy atom. The van der Waals surface area contributed by atoms with E-state index in [2.05, 4.69) is 10.3 Å². The first-order valence-electron chi connectivity index (χ1n) is 5.98. The first kappa shape index (κ1) is 12.6. The normalized spacial score (nSPS) is 12.9. The Hall–Kier alpha value is -1.88. The number of rotatable bonds is 4. The zero-order valence-corrected chi connectivity index (χ0v) is 10.5. The quantitative estimate of drug-likeness (QED) is 0.849. The molecule has 1 atom stereocenters. The van der Waals surface area contributed by atoms with E-state index in [1.807, 2.05) is 32.0 Å². The van der Waals surface area contributed by atoms with Gasteiger partial charge in [-0.25, -0.2) is 4.98 Å². The molecule has 0 aliphatic heterocycles. The van der Waals surface area contributed by atoms with E-state index < -0.39 is 6.10 Å². The number of nitrogens with one attached hydrogen (secondary N) is 1. The van der Waals surface area contributed by atoms with E-state index in [-0.39, 0.29) is 18.4 Å². The van der Waals surface area contributed by atoms with Gasteiger partial charge in [-0.2, -0.15) is 0 Å². The van der Waals surface area contributed by atoms with Crippen molar-refractivity contribution in [2.24, 2.45) is 5.92 Å². The zero-order valence-electron chi connectivity index (χ0n) is 10.5. The molecule has 0 spiro atoms. The highest BCUT2D eigenvalue weighted by molar-refractivity contribution is 5.93. The van der Waals surface area contributed by atoms with E-state index in [1.165, 1.54) is 6.20 Å². The van der Waals surface area contributed by atoms with Crippen molar-refractivity contribution in [3.63, 3.8) is 0 Å². The van der Waals surface area contributed by atoms with Crippen molar-refractivity contribution in [2.45, 2.75) is 20.0 Å². The summed E-state index contributed by atoms with van der Waals surface area (Å²) in [5.74, 6) is -0.110. The monoisotopic (exact) mass is 247 g/mol. The second-order valence-electron chi connectivity index (χ2n) is 4.59. The fraction of sp³-hybridized carbons (Fsp3) is 0.385. The number of fused-ring (bicyclic) bond motifs is 1. The number of amides is 1. The third-order valence-corrected chi connectivity index (χ3v) is 2.89. The Morgan fingerprint density at radius 2 is 2.28 bits per heavy atom. The first-order valence-corrected chi connectivity index (χ1v) is 5.98. The van der Waals surface area contributed by atoms with Gasteiger partial charge in [0.15, 0.2) is 0 Å². The minimum absolute atomic E-state index is 0.118. The van der Waals surface area contributed by atoms with E-state index in [0.29, 0.717) is 5.69 Å². The van der Waals surface area contributed by atoms with E-state index in [1.54, 1.807) is 10.6 Å². The van der Waals surface area contributed by atoms with Crippen molar-refractivity contribution < 1.29 is 9.90 Å². The van der Waals surface area contributed by atoms with Crippen LogP contribution in [0.25, 0.3) is 5.65 Å². The SMILES string of the molecule is CC(C)C(O)CNC(=O)c1cnc2ccccn12. The highest BCUT2D eigenvalue weighted by atomic mass is 16.3. The molecule has 2 aromatic rings. The average molecular weight is 247 g/mol. The number of carbonyl (C=O) groups excluding carboxylic acids is 1. The van der Waals surface area contributed by atoms with Crippen molar-refractivity contribution in [1.82, 2.24) is 14.7 Å². The first-order chi connectivity index (χ1) is 8.59. The molecule has 1 unspecified atom stereocenters. The molecule has 0 saturated heterocycles. The summed E-state index contributed by atoms with van der Waals surface area (Å²) in [6.45, 7) is 4.06. The average Bonchev–Trinajstić information content (AvgIpc) is 2.79. The maximum atomic E-state index is 12.0. The van der Waals surface area contributed by atoms with Crippen LogP contribution in [-0.2, 0) is 0 Å². The fourth-order valence-corrected chi connectivity index (χ4v) is 1.62. The maximum Gasteiger partial charge on any atom is 0.270 e. The summed E-state index contributed by atoms with van der Waals surface area (Å²) in [6, 6.07) is 5.54. The van der Waals surface area contributed by atoms with Gasteiger partial charge in [0, 0.05) is 12.7 Å². The Balaban J connectivity index is 2.10. The van der Waals surface area contributed by atoms with Gasteiger partial charge >= 0.3 is 0 Å². The van der Waals surface area contributed by atoms with Crippen LogP contribution in [0.15, 0.2) is 30.6 Å². The highest BCUT2D eigenvalue weighted by Gasteiger charge is 2.14. The van der Waals surface area contributed by atoms with Crippen LogP contribution < -0.4 is 5.32 Å².